The fourth-order valence-corrected chi connectivity index (χ4v) is 6.29. The lowest BCUT2D eigenvalue weighted by Crippen LogP contribution is -2.09. The summed E-state index contributed by atoms with van der Waals surface area (Å²) in [6.07, 6.45) is 0. The average Bonchev–Trinajstić information content (AvgIpc) is 3.33. The lowest BCUT2D eigenvalue weighted by atomic mass is 10.0. The second-order valence-electron chi connectivity index (χ2n) is 9.12. The highest BCUT2D eigenvalue weighted by Gasteiger charge is 2.16. The zero-order chi connectivity index (χ0) is 24.6. The Labute approximate surface area is 220 Å². The molecule has 0 unspecified atom stereocenters. The largest absolute Gasteiger partial charge is 0.355 e. The van der Waals surface area contributed by atoms with Crippen molar-refractivity contribution in [3.05, 3.63) is 140 Å². The molecule has 0 aliphatic rings. The number of para-hydroxylation sites is 3. The summed E-state index contributed by atoms with van der Waals surface area (Å²) in [6, 6.07) is 49.5. The van der Waals surface area contributed by atoms with Crippen LogP contribution in [0.5, 0.6) is 0 Å². The number of nitrogens with zero attached hydrogens (tertiary/aromatic N) is 1. The van der Waals surface area contributed by atoms with Crippen LogP contribution in [0, 0.1) is 0 Å². The third-order valence-electron chi connectivity index (χ3n) is 6.80. The molecule has 7 rings (SSSR count). The van der Waals surface area contributed by atoms with Crippen molar-refractivity contribution >= 4 is 70.7 Å². The third kappa shape index (κ3) is 3.90. The van der Waals surface area contributed by atoms with Gasteiger partial charge in [-0.15, -0.1) is 11.3 Å². The van der Waals surface area contributed by atoms with Crippen molar-refractivity contribution in [2.24, 2.45) is 0 Å². The summed E-state index contributed by atoms with van der Waals surface area (Å²) in [5.41, 5.74) is 5.67. The Hall–Kier alpha value is -4.60. The molecule has 0 aliphatic carbocycles. The molecule has 0 bridgehead atoms. The van der Waals surface area contributed by atoms with E-state index in [0.717, 1.165) is 28.4 Å². The minimum Gasteiger partial charge on any atom is -0.355 e. The molecule has 2 nitrogen and oxygen atoms in total. The molecule has 0 amide bonds. The van der Waals surface area contributed by atoms with E-state index in [1.807, 2.05) is 17.4 Å². The lowest BCUT2D eigenvalue weighted by molar-refractivity contribution is 1.29. The molecule has 0 aliphatic heterocycles. The number of anilines is 5. The predicted molar refractivity (Wildman–Crippen MR) is 161 cm³/mol. The van der Waals surface area contributed by atoms with Gasteiger partial charge < -0.3 is 10.2 Å². The van der Waals surface area contributed by atoms with Gasteiger partial charge in [0.2, 0.25) is 0 Å². The van der Waals surface area contributed by atoms with Crippen LogP contribution < -0.4 is 10.2 Å². The molecule has 0 spiro atoms. The Balaban J connectivity index is 1.45. The van der Waals surface area contributed by atoms with Gasteiger partial charge in [-0.2, -0.15) is 0 Å². The maximum Gasteiger partial charge on any atom is 0.0478 e. The molecule has 6 aromatic carbocycles. The molecule has 37 heavy (non-hydrogen) atoms. The molecule has 0 atom stereocenters. The lowest BCUT2D eigenvalue weighted by Gasteiger charge is -2.25. The Bertz CT molecular complexity index is 1800. The highest BCUT2D eigenvalue weighted by molar-refractivity contribution is 7.26. The van der Waals surface area contributed by atoms with Crippen molar-refractivity contribution in [3.8, 4) is 0 Å². The first-order valence-corrected chi connectivity index (χ1v) is 13.3. The Morgan fingerprint density at radius 1 is 0.459 bits per heavy atom. The highest BCUT2D eigenvalue weighted by Crippen LogP contribution is 2.44. The van der Waals surface area contributed by atoms with Crippen LogP contribution in [0.15, 0.2) is 140 Å². The van der Waals surface area contributed by atoms with Crippen molar-refractivity contribution in [2.45, 2.75) is 0 Å². The molecule has 0 saturated carbocycles. The molecule has 0 fully saturated rings. The van der Waals surface area contributed by atoms with Gasteiger partial charge in [-0.05, 0) is 66.0 Å². The van der Waals surface area contributed by atoms with E-state index in [1.54, 1.807) is 0 Å². The third-order valence-corrected chi connectivity index (χ3v) is 7.92. The molecule has 0 saturated heterocycles. The first kappa shape index (κ1) is 21.7. The van der Waals surface area contributed by atoms with Crippen LogP contribution in [0.4, 0.5) is 28.4 Å². The highest BCUT2D eigenvalue weighted by atomic mass is 32.1. The summed E-state index contributed by atoms with van der Waals surface area (Å²) in [7, 11) is 0. The molecule has 1 aromatic heterocycles. The van der Waals surface area contributed by atoms with E-state index in [4.69, 9.17) is 0 Å². The molecule has 1 N–H and O–H groups in total. The van der Waals surface area contributed by atoms with Crippen molar-refractivity contribution in [3.63, 3.8) is 0 Å². The quantitative estimate of drug-likeness (QED) is 0.257. The summed E-state index contributed by atoms with van der Waals surface area (Å²) in [5.74, 6) is 0. The summed E-state index contributed by atoms with van der Waals surface area (Å²) < 4.78 is 2.58. The summed E-state index contributed by atoms with van der Waals surface area (Å²) >= 11 is 1.85. The van der Waals surface area contributed by atoms with Crippen LogP contribution in [0.3, 0.4) is 0 Å². The normalized spacial score (nSPS) is 11.2. The topological polar surface area (TPSA) is 15.3 Å². The average molecular weight is 493 g/mol. The first-order valence-electron chi connectivity index (χ1n) is 12.5. The van der Waals surface area contributed by atoms with Crippen LogP contribution >= 0.6 is 11.3 Å². The zero-order valence-corrected chi connectivity index (χ0v) is 21.0. The number of fused-ring (bicyclic) bond motifs is 5. The summed E-state index contributed by atoms with van der Waals surface area (Å²) in [5, 5.41) is 8.76. The van der Waals surface area contributed by atoms with E-state index in [1.165, 1.54) is 30.9 Å². The van der Waals surface area contributed by atoms with E-state index in [2.05, 4.69) is 144 Å². The standard InChI is InChI=1S/C34H24N2S/c1-4-12-24(13-5-1)35-31-23-33-34(29-19-11-10-18-28(29)31)30-22-27(20-21-32(30)37-33)36(25-14-6-2-7-15-25)26-16-8-3-9-17-26/h1-23,35H. The zero-order valence-electron chi connectivity index (χ0n) is 20.1. The van der Waals surface area contributed by atoms with E-state index >= 15 is 0 Å². The van der Waals surface area contributed by atoms with Crippen molar-refractivity contribution in [2.75, 3.05) is 10.2 Å². The number of hydrogen-bond donors (Lipinski definition) is 1. The Morgan fingerprint density at radius 3 is 1.73 bits per heavy atom. The SMILES string of the molecule is c1ccc(Nc2cc3sc4ccc(N(c5ccccc5)c5ccccc5)cc4c3c3ccccc23)cc1. The van der Waals surface area contributed by atoms with Gasteiger partial charge in [0, 0.05) is 54.0 Å². The van der Waals surface area contributed by atoms with Crippen molar-refractivity contribution in [1.82, 2.24) is 0 Å². The molecule has 0 radical (unpaired) electrons. The minimum absolute atomic E-state index is 1.09. The maximum atomic E-state index is 3.65. The van der Waals surface area contributed by atoms with Gasteiger partial charge >= 0.3 is 0 Å². The van der Waals surface area contributed by atoms with Gasteiger partial charge in [0.05, 0.1) is 0 Å². The number of rotatable bonds is 5. The predicted octanol–water partition coefficient (Wildman–Crippen LogP) is 10.4. The Morgan fingerprint density at radius 2 is 1.05 bits per heavy atom. The van der Waals surface area contributed by atoms with Crippen LogP contribution in [0.25, 0.3) is 30.9 Å². The van der Waals surface area contributed by atoms with Gasteiger partial charge in [-0.3, -0.25) is 0 Å². The smallest absolute Gasteiger partial charge is 0.0478 e. The van der Waals surface area contributed by atoms with Crippen LogP contribution in [0.2, 0.25) is 0 Å². The van der Waals surface area contributed by atoms with Crippen molar-refractivity contribution < 1.29 is 0 Å². The number of nitrogens with one attached hydrogen (secondary N) is 1. The summed E-state index contributed by atoms with van der Waals surface area (Å²) in [4.78, 5) is 2.33. The van der Waals surface area contributed by atoms with E-state index in [-0.39, 0.29) is 0 Å². The molecule has 7 aromatic rings. The molecular weight excluding hydrogens is 468 g/mol. The second-order valence-corrected chi connectivity index (χ2v) is 10.2. The van der Waals surface area contributed by atoms with E-state index in [0.29, 0.717) is 0 Å². The van der Waals surface area contributed by atoms with Crippen molar-refractivity contribution in [1.29, 1.82) is 0 Å². The number of thiophene rings is 1. The molecule has 176 valence electrons. The number of hydrogen-bond acceptors (Lipinski definition) is 3. The molecule has 1 heterocycles. The van der Waals surface area contributed by atoms with Gasteiger partial charge in [0.15, 0.2) is 0 Å². The number of benzene rings is 6. The fraction of sp³-hybridized carbons (Fsp3) is 0. The van der Waals surface area contributed by atoms with Gasteiger partial charge in [0.25, 0.3) is 0 Å². The monoisotopic (exact) mass is 492 g/mol. The van der Waals surface area contributed by atoms with Gasteiger partial charge in [0.1, 0.15) is 0 Å². The minimum atomic E-state index is 1.09. The van der Waals surface area contributed by atoms with Crippen LogP contribution in [0.1, 0.15) is 0 Å². The molecule has 3 heteroatoms. The second kappa shape index (κ2) is 9.12. The van der Waals surface area contributed by atoms with Crippen LogP contribution in [-0.2, 0) is 0 Å². The van der Waals surface area contributed by atoms with E-state index < -0.39 is 0 Å². The first-order chi connectivity index (χ1) is 18.3. The van der Waals surface area contributed by atoms with Crippen LogP contribution in [-0.4, -0.2) is 0 Å². The maximum absolute atomic E-state index is 3.65. The van der Waals surface area contributed by atoms with E-state index in [9.17, 15) is 0 Å². The van der Waals surface area contributed by atoms with Gasteiger partial charge in [-0.25, -0.2) is 0 Å². The summed E-state index contributed by atoms with van der Waals surface area (Å²) in [6.45, 7) is 0. The fourth-order valence-electron chi connectivity index (χ4n) is 5.15. The Kier molecular flexibility index (Phi) is 5.34. The molecular formula is C34H24N2S. The van der Waals surface area contributed by atoms with Gasteiger partial charge in [-0.1, -0.05) is 78.9 Å².